The van der Waals surface area contributed by atoms with Crippen molar-refractivity contribution in [3.05, 3.63) is 63.9 Å². The molecule has 0 bridgehead atoms. The summed E-state index contributed by atoms with van der Waals surface area (Å²) in [6.07, 6.45) is 3.25. The maximum atomic E-state index is 11.7. The summed E-state index contributed by atoms with van der Waals surface area (Å²) >= 11 is 1.50. The average molecular weight is 239 g/mol. The number of carbonyl (C=O) groups excluding carboxylic acids is 1. The zero-order chi connectivity index (χ0) is 12.1. The Hall–Kier alpha value is -2.18. The fraction of sp³-hybridized carbons (Fsp3) is 0. The van der Waals surface area contributed by atoms with E-state index in [0.717, 1.165) is 5.56 Å². The molecule has 0 radical (unpaired) electrons. The number of hydrogen-bond donors (Lipinski definition) is 0. The van der Waals surface area contributed by atoms with Crippen LogP contribution in [0.3, 0.4) is 0 Å². The number of nitrogens with zero attached hydrogens (tertiary/aromatic N) is 1. The molecule has 0 saturated heterocycles. The molecule has 2 aromatic rings. The van der Waals surface area contributed by atoms with Gasteiger partial charge in [-0.15, -0.1) is 0 Å². The Morgan fingerprint density at radius 2 is 2.24 bits per heavy atom. The molecule has 2 nitrogen and oxygen atoms in total. The molecule has 1 heterocycles. The molecule has 0 unspecified atom stereocenters. The van der Waals surface area contributed by atoms with Crippen LogP contribution < -0.4 is 0 Å². The van der Waals surface area contributed by atoms with Gasteiger partial charge in [0.15, 0.2) is 5.78 Å². The fourth-order valence-electron chi connectivity index (χ4n) is 1.38. The minimum atomic E-state index is -0.0198. The first-order valence-corrected chi connectivity index (χ1v) is 5.98. The van der Waals surface area contributed by atoms with Crippen LogP contribution in [0.2, 0.25) is 0 Å². The Labute approximate surface area is 103 Å². The predicted octanol–water partition coefficient (Wildman–Crippen LogP) is 3.52. The van der Waals surface area contributed by atoms with Gasteiger partial charge in [0.1, 0.15) is 0 Å². The second-order valence-electron chi connectivity index (χ2n) is 3.45. The summed E-state index contributed by atoms with van der Waals surface area (Å²) in [6.45, 7) is 0. The Bertz CT molecular complexity index is 591. The van der Waals surface area contributed by atoms with Gasteiger partial charge in [-0.2, -0.15) is 16.6 Å². The van der Waals surface area contributed by atoms with E-state index in [1.54, 1.807) is 30.3 Å². The number of carbonyl (C=O) groups is 1. The van der Waals surface area contributed by atoms with Gasteiger partial charge in [0.05, 0.1) is 11.6 Å². The van der Waals surface area contributed by atoms with E-state index in [1.807, 2.05) is 16.8 Å². The third kappa shape index (κ3) is 2.90. The van der Waals surface area contributed by atoms with Gasteiger partial charge in [-0.05, 0) is 35.2 Å². The number of rotatable bonds is 3. The standard InChI is InChI=1S/C14H9NOS/c15-9-12-3-1-2-11(8-12)4-5-14(16)13-6-7-17-10-13/h1-8,10H/b5-4+. The van der Waals surface area contributed by atoms with Crippen molar-refractivity contribution in [1.82, 2.24) is 0 Å². The van der Waals surface area contributed by atoms with Crippen LogP contribution in [0.4, 0.5) is 0 Å². The molecular formula is C14H9NOS. The Morgan fingerprint density at radius 1 is 1.35 bits per heavy atom. The van der Waals surface area contributed by atoms with Crippen molar-refractivity contribution in [2.75, 3.05) is 0 Å². The minimum absolute atomic E-state index is 0.0198. The highest BCUT2D eigenvalue weighted by atomic mass is 32.1. The molecule has 0 fully saturated rings. The molecule has 1 aromatic heterocycles. The summed E-state index contributed by atoms with van der Waals surface area (Å²) in [7, 11) is 0. The molecule has 0 spiro atoms. The number of allylic oxidation sites excluding steroid dienone is 1. The lowest BCUT2D eigenvalue weighted by Gasteiger charge is -1.93. The largest absolute Gasteiger partial charge is 0.289 e. The van der Waals surface area contributed by atoms with Crippen molar-refractivity contribution in [1.29, 1.82) is 5.26 Å². The topological polar surface area (TPSA) is 40.9 Å². The van der Waals surface area contributed by atoms with Crippen molar-refractivity contribution in [3.63, 3.8) is 0 Å². The predicted molar refractivity (Wildman–Crippen MR) is 68.8 cm³/mol. The summed E-state index contributed by atoms with van der Waals surface area (Å²) in [6, 6.07) is 11.0. The van der Waals surface area contributed by atoms with Crippen LogP contribution in [0.1, 0.15) is 21.5 Å². The lowest BCUT2D eigenvalue weighted by atomic mass is 10.1. The SMILES string of the molecule is N#Cc1cccc(/C=C/C(=O)c2ccsc2)c1. The van der Waals surface area contributed by atoms with E-state index in [4.69, 9.17) is 5.26 Å². The number of nitriles is 1. The first-order valence-electron chi connectivity index (χ1n) is 5.04. The molecule has 0 aliphatic heterocycles. The highest BCUT2D eigenvalue weighted by molar-refractivity contribution is 7.08. The van der Waals surface area contributed by atoms with Crippen molar-refractivity contribution < 1.29 is 4.79 Å². The van der Waals surface area contributed by atoms with Crippen LogP contribution in [-0.2, 0) is 0 Å². The summed E-state index contributed by atoms with van der Waals surface area (Å²) < 4.78 is 0. The number of hydrogen-bond acceptors (Lipinski definition) is 3. The molecule has 1 aromatic carbocycles. The second-order valence-corrected chi connectivity index (χ2v) is 4.23. The van der Waals surface area contributed by atoms with E-state index in [9.17, 15) is 4.79 Å². The third-order valence-corrected chi connectivity index (χ3v) is 2.93. The van der Waals surface area contributed by atoms with Gasteiger partial charge in [-0.1, -0.05) is 18.2 Å². The van der Waals surface area contributed by atoms with Crippen LogP contribution in [0.5, 0.6) is 0 Å². The molecule has 2 rings (SSSR count). The van der Waals surface area contributed by atoms with E-state index < -0.39 is 0 Å². The molecule has 17 heavy (non-hydrogen) atoms. The van der Waals surface area contributed by atoms with Gasteiger partial charge in [0, 0.05) is 10.9 Å². The van der Waals surface area contributed by atoms with Crippen molar-refractivity contribution in [2.45, 2.75) is 0 Å². The van der Waals surface area contributed by atoms with Gasteiger partial charge in [-0.25, -0.2) is 0 Å². The highest BCUT2D eigenvalue weighted by Gasteiger charge is 2.00. The molecule has 3 heteroatoms. The summed E-state index contributed by atoms with van der Waals surface area (Å²) in [5, 5.41) is 12.4. The number of thiophene rings is 1. The number of benzene rings is 1. The first kappa shape index (κ1) is 11.3. The highest BCUT2D eigenvalue weighted by Crippen LogP contribution is 2.10. The molecule has 0 N–H and O–H groups in total. The van der Waals surface area contributed by atoms with Crippen LogP contribution in [0.15, 0.2) is 47.2 Å². The fourth-order valence-corrected chi connectivity index (χ4v) is 2.03. The van der Waals surface area contributed by atoms with E-state index in [2.05, 4.69) is 6.07 Å². The smallest absolute Gasteiger partial charge is 0.186 e. The molecular weight excluding hydrogens is 230 g/mol. The van der Waals surface area contributed by atoms with Crippen LogP contribution in [-0.4, -0.2) is 5.78 Å². The molecule has 82 valence electrons. The normalized spacial score (nSPS) is 10.3. The van der Waals surface area contributed by atoms with Crippen LogP contribution >= 0.6 is 11.3 Å². The zero-order valence-corrected chi connectivity index (χ0v) is 9.78. The maximum Gasteiger partial charge on any atom is 0.186 e. The van der Waals surface area contributed by atoms with E-state index in [0.29, 0.717) is 11.1 Å². The van der Waals surface area contributed by atoms with Crippen molar-refractivity contribution in [2.24, 2.45) is 0 Å². The van der Waals surface area contributed by atoms with E-state index in [-0.39, 0.29) is 5.78 Å². The molecule has 0 atom stereocenters. The molecule has 0 aliphatic rings. The monoisotopic (exact) mass is 239 g/mol. The Balaban J connectivity index is 2.16. The summed E-state index contributed by atoms with van der Waals surface area (Å²) in [5.74, 6) is -0.0198. The van der Waals surface area contributed by atoms with Crippen LogP contribution in [0, 0.1) is 11.3 Å². The average Bonchev–Trinajstić information content (AvgIpc) is 2.90. The summed E-state index contributed by atoms with van der Waals surface area (Å²) in [4.78, 5) is 11.7. The Morgan fingerprint density at radius 3 is 2.94 bits per heavy atom. The van der Waals surface area contributed by atoms with Gasteiger partial charge >= 0.3 is 0 Å². The quantitative estimate of drug-likeness (QED) is 0.607. The van der Waals surface area contributed by atoms with Gasteiger partial charge < -0.3 is 0 Å². The molecule has 0 saturated carbocycles. The molecule has 0 aliphatic carbocycles. The molecule has 0 amide bonds. The second kappa shape index (κ2) is 5.24. The number of ketones is 1. The van der Waals surface area contributed by atoms with E-state index in [1.165, 1.54) is 17.4 Å². The third-order valence-electron chi connectivity index (χ3n) is 2.25. The van der Waals surface area contributed by atoms with Gasteiger partial charge in [-0.3, -0.25) is 4.79 Å². The lowest BCUT2D eigenvalue weighted by molar-refractivity contribution is 0.104. The lowest BCUT2D eigenvalue weighted by Crippen LogP contribution is -1.90. The van der Waals surface area contributed by atoms with Crippen molar-refractivity contribution >= 4 is 23.2 Å². The van der Waals surface area contributed by atoms with Crippen LogP contribution in [0.25, 0.3) is 6.08 Å². The van der Waals surface area contributed by atoms with Gasteiger partial charge in [0.25, 0.3) is 0 Å². The Kier molecular flexibility index (Phi) is 3.49. The maximum absolute atomic E-state index is 11.7. The van der Waals surface area contributed by atoms with Crippen molar-refractivity contribution in [3.8, 4) is 6.07 Å². The van der Waals surface area contributed by atoms with E-state index >= 15 is 0 Å². The summed E-state index contributed by atoms with van der Waals surface area (Å²) in [5.41, 5.74) is 2.14. The minimum Gasteiger partial charge on any atom is -0.289 e. The van der Waals surface area contributed by atoms with Gasteiger partial charge in [0.2, 0.25) is 0 Å². The zero-order valence-electron chi connectivity index (χ0n) is 8.96. The first-order chi connectivity index (χ1) is 8.29.